The average Bonchev–Trinajstić information content (AvgIpc) is 3.32. The summed E-state index contributed by atoms with van der Waals surface area (Å²) in [6.45, 7) is 0. The first-order valence-electron chi connectivity index (χ1n) is 9.54. The quantitative estimate of drug-likeness (QED) is 0.451. The van der Waals surface area contributed by atoms with E-state index < -0.39 is 5.97 Å². The standard InChI is InChI=1S/C22H18N2O5/c25-20-18-13-3-4-14(6-5-13)19(18)21(26)24(20)23-11-16-9-10-17(29-16)12-1-7-15(8-2-12)22(27)28/h1-4,7-11,13-14,18-19H,5-6H2,(H,27,28)/p-1/b23-11-/t13-,14+,18-,19-/m0/s1. The normalized spacial score (nSPS) is 27.8. The molecule has 0 radical (unpaired) electrons. The summed E-state index contributed by atoms with van der Waals surface area (Å²) in [6, 6.07) is 9.50. The molecule has 7 nitrogen and oxygen atoms in total. The lowest BCUT2D eigenvalue weighted by molar-refractivity contribution is -0.255. The van der Waals surface area contributed by atoms with Crippen LogP contribution in [0.4, 0.5) is 0 Å². The first-order chi connectivity index (χ1) is 14.0. The average molecular weight is 389 g/mol. The smallest absolute Gasteiger partial charge is 0.254 e. The predicted molar refractivity (Wildman–Crippen MR) is 100 cm³/mol. The van der Waals surface area contributed by atoms with Crippen LogP contribution in [0.2, 0.25) is 0 Å². The summed E-state index contributed by atoms with van der Waals surface area (Å²) in [5.41, 5.74) is 0.773. The number of carbonyl (C=O) groups excluding carboxylic acids is 3. The van der Waals surface area contributed by atoms with Crippen LogP contribution in [-0.2, 0) is 9.59 Å². The molecule has 7 heteroatoms. The maximum atomic E-state index is 12.7. The topological polar surface area (TPSA) is 103 Å². The van der Waals surface area contributed by atoms with E-state index in [9.17, 15) is 19.5 Å². The Kier molecular flexibility index (Phi) is 3.97. The number of carboxylic acids is 1. The molecule has 1 saturated carbocycles. The number of aromatic carboxylic acids is 1. The number of nitrogens with zero attached hydrogens (tertiary/aromatic N) is 2. The van der Waals surface area contributed by atoms with Gasteiger partial charge in [0.1, 0.15) is 11.5 Å². The maximum Gasteiger partial charge on any atom is 0.254 e. The van der Waals surface area contributed by atoms with Crippen LogP contribution in [0.25, 0.3) is 11.3 Å². The van der Waals surface area contributed by atoms with Gasteiger partial charge in [0, 0.05) is 5.56 Å². The van der Waals surface area contributed by atoms with Crippen molar-refractivity contribution in [3.63, 3.8) is 0 Å². The molecule has 2 heterocycles. The maximum absolute atomic E-state index is 12.7. The Morgan fingerprint density at radius 1 is 1.00 bits per heavy atom. The van der Waals surface area contributed by atoms with E-state index in [4.69, 9.17) is 4.42 Å². The number of hydrogen-bond acceptors (Lipinski definition) is 6. The van der Waals surface area contributed by atoms with E-state index in [-0.39, 0.29) is 41.0 Å². The highest BCUT2D eigenvalue weighted by Crippen LogP contribution is 2.49. The highest BCUT2D eigenvalue weighted by Gasteiger charge is 2.56. The molecular formula is C22H17N2O5-. The molecule has 0 spiro atoms. The van der Waals surface area contributed by atoms with E-state index in [1.54, 1.807) is 24.3 Å². The Balaban J connectivity index is 1.34. The third-order valence-corrected chi connectivity index (χ3v) is 6.07. The van der Waals surface area contributed by atoms with Gasteiger partial charge < -0.3 is 14.3 Å². The second kappa shape index (κ2) is 6.55. The zero-order chi connectivity index (χ0) is 20.1. The van der Waals surface area contributed by atoms with Crippen molar-refractivity contribution in [2.75, 3.05) is 0 Å². The number of imide groups is 1. The van der Waals surface area contributed by atoms with Crippen molar-refractivity contribution < 1.29 is 23.9 Å². The zero-order valence-electron chi connectivity index (χ0n) is 15.4. The number of carbonyl (C=O) groups is 3. The molecule has 146 valence electrons. The molecule has 4 atom stereocenters. The van der Waals surface area contributed by atoms with E-state index in [0.717, 1.165) is 17.9 Å². The summed E-state index contributed by atoms with van der Waals surface area (Å²) in [7, 11) is 0. The van der Waals surface area contributed by atoms with E-state index in [2.05, 4.69) is 17.3 Å². The third kappa shape index (κ3) is 2.81. The molecule has 2 amide bonds. The number of amides is 2. The summed E-state index contributed by atoms with van der Waals surface area (Å²) in [5.74, 6) is -1.14. The van der Waals surface area contributed by atoms with Crippen LogP contribution in [0.5, 0.6) is 0 Å². The van der Waals surface area contributed by atoms with E-state index in [0.29, 0.717) is 17.1 Å². The Morgan fingerprint density at radius 2 is 1.62 bits per heavy atom. The van der Waals surface area contributed by atoms with Crippen molar-refractivity contribution in [3.05, 3.63) is 59.9 Å². The molecule has 2 fully saturated rings. The Hall–Kier alpha value is -3.48. The summed E-state index contributed by atoms with van der Waals surface area (Å²) in [6.07, 6.45) is 7.38. The highest BCUT2D eigenvalue weighted by molar-refractivity contribution is 6.06. The van der Waals surface area contributed by atoms with Gasteiger partial charge in [-0.05, 0) is 42.4 Å². The van der Waals surface area contributed by atoms with Crippen LogP contribution >= 0.6 is 0 Å². The fourth-order valence-electron chi connectivity index (χ4n) is 4.63. The number of carboxylic acid groups (broad SMARTS) is 1. The van der Waals surface area contributed by atoms with E-state index in [1.165, 1.54) is 18.3 Å². The zero-order valence-corrected chi connectivity index (χ0v) is 15.4. The third-order valence-electron chi connectivity index (χ3n) is 6.07. The van der Waals surface area contributed by atoms with Gasteiger partial charge in [0.15, 0.2) is 0 Å². The van der Waals surface area contributed by atoms with Crippen molar-refractivity contribution in [1.29, 1.82) is 0 Å². The van der Waals surface area contributed by atoms with Crippen molar-refractivity contribution in [3.8, 4) is 11.3 Å². The minimum atomic E-state index is -1.24. The van der Waals surface area contributed by atoms with Crippen LogP contribution in [0.1, 0.15) is 29.0 Å². The van der Waals surface area contributed by atoms with Gasteiger partial charge in [-0.15, -0.1) is 0 Å². The molecule has 2 bridgehead atoms. The van der Waals surface area contributed by atoms with Gasteiger partial charge in [0.05, 0.1) is 24.0 Å². The lowest BCUT2D eigenvalue weighted by atomic mass is 9.63. The molecule has 0 unspecified atom stereocenters. The molecule has 1 aliphatic heterocycles. The summed E-state index contributed by atoms with van der Waals surface area (Å²) < 4.78 is 5.70. The van der Waals surface area contributed by atoms with E-state index >= 15 is 0 Å². The monoisotopic (exact) mass is 389 g/mol. The molecule has 3 aliphatic carbocycles. The van der Waals surface area contributed by atoms with Gasteiger partial charge in [0.25, 0.3) is 11.8 Å². The Labute approximate surface area is 166 Å². The number of hydrazone groups is 1. The van der Waals surface area contributed by atoms with Crippen LogP contribution in [0, 0.1) is 23.7 Å². The van der Waals surface area contributed by atoms with Crippen LogP contribution in [0.15, 0.2) is 58.1 Å². The number of rotatable bonds is 4. The number of hydrogen-bond donors (Lipinski definition) is 0. The summed E-state index contributed by atoms with van der Waals surface area (Å²) >= 11 is 0. The minimum absolute atomic E-state index is 0.0815. The van der Waals surface area contributed by atoms with Gasteiger partial charge >= 0.3 is 0 Å². The lowest BCUT2D eigenvalue weighted by Gasteiger charge is -2.37. The fraction of sp³-hybridized carbons (Fsp3) is 0.273. The molecule has 2 aromatic rings. The highest BCUT2D eigenvalue weighted by atomic mass is 16.4. The first kappa shape index (κ1) is 17.6. The molecular weight excluding hydrogens is 372 g/mol. The Morgan fingerprint density at radius 3 is 2.17 bits per heavy atom. The number of fused-ring (bicyclic) bond motifs is 1. The fourth-order valence-corrected chi connectivity index (χ4v) is 4.63. The summed E-state index contributed by atoms with van der Waals surface area (Å²) in [5, 5.41) is 16.0. The molecule has 1 aromatic heterocycles. The molecule has 1 saturated heterocycles. The summed E-state index contributed by atoms with van der Waals surface area (Å²) in [4.78, 5) is 36.3. The second-order valence-corrected chi connectivity index (χ2v) is 7.64. The minimum Gasteiger partial charge on any atom is -0.545 e. The molecule has 29 heavy (non-hydrogen) atoms. The number of benzene rings is 1. The van der Waals surface area contributed by atoms with Crippen LogP contribution in [-0.4, -0.2) is 29.0 Å². The van der Waals surface area contributed by atoms with Gasteiger partial charge in [0.2, 0.25) is 0 Å². The largest absolute Gasteiger partial charge is 0.545 e. The van der Waals surface area contributed by atoms with Crippen molar-refractivity contribution in [2.24, 2.45) is 28.8 Å². The van der Waals surface area contributed by atoms with Crippen molar-refractivity contribution >= 4 is 24.0 Å². The van der Waals surface area contributed by atoms with Crippen LogP contribution < -0.4 is 5.11 Å². The number of furan rings is 1. The van der Waals surface area contributed by atoms with Gasteiger partial charge in [-0.2, -0.15) is 10.1 Å². The van der Waals surface area contributed by atoms with Crippen molar-refractivity contribution in [1.82, 2.24) is 5.01 Å². The Bertz CT molecular complexity index is 1030. The molecule has 4 aliphatic rings. The molecule has 1 aromatic carbocycles. The molecule has 0 N–H and O–H groups in total. The SMILES string of the molecule is O=C([O-])c1ccc(-c2ccc(/C=N\N3C(=O)[C@@H]4[C@@H](C3=O)[C@H]3C=C[C@@H]4CC3)o2)cc1. The van der Waals surface area contributed by atoms with E-state index in [1.807, 2.05) is 0 Å². The van der Waals surface area contributed by atoms with Crippen LogP contribution in [0.3, 0.4) is 0 Å². The number of allylic oxidation sites excluding steroid dienone is 2. The van der Waals surface area contributed by atoms with Gasteiger partial charge in [-0.3, -0.25) is 9.59 Å². The lowest BCUT2D eigenvalue weighted by Crippen LogP contribution is -2.38. The van der Waals surface area contributed by atoms with Gasteiger partial charge in [-0.1, -0.05) is 36.4 Å². The first-order valence-corrected chi connectivity index (χ1v) is 9.54. The molecule has 6 rings (SSSR count). The van der Waals surface area contributed by atoms with Gasteiger partial charge in [-0.25, -0.2) is 0 Å². The van der Waals surface area contributed by atoms with Crippen molar-refractivity contribution in [2.45, 2.75) is 12.8 Å². The second-order valence-electron chi connectivity index (χ2n) is 7.64. The predicted octanol–water partition coefficient (Wildman–Crippen LogP) is 1.84.